The lowest BCUT2D eigenvalue weighted by Gasteiger charge is -2.27. The number of nitrogens with one attached hydrogen (secondary N) is 1. The first-order chi connectivity index (χ1) is 10.7. The number of amides is 2. The second kappa shape index (κ2) is 10.7. The van der Waals surface area contributed by atoms with Gasteiger partial charge in [0.25, 0.3) is 0 Å². The summed E-state index contributed by atoms with van der Waals surface area (Å²) in [5.74, 6) is -0.378. The average molecular weight is 421 g/mol. The SMILES string of the molecule is CC(C)[C@H](N)C(=O)NCC(=O)N(Cc1cccc(Br)c1)C(C)C.Cl. The maximum absolute atomic E-state index is 12.4. The lowest BCUT2D eigenvalue weighted by atomic mass is 10.1. The maximum Gasteiger partial charge on any atom is 0.242 e. The topological polar surface area (TPSA) is 75.4 Å². The van der Waals surface area contributed by atoms with Crippen molar-refractivity contribution in [3.05, 3.63) is 34.3 Å². The Morgan fingerprint density at radius 3 is 2.38 bits per heavy atom. The summed E-state index contributed by atoms with van der Waals surface area (Å²) in [5.41, 5.74) is 6.81. The minimum Gasteiger partial charge on any atom is -0.346 e. The highest BCUT2D eigenvalue weighted by Gasteiger charge is 2.21. The molecule has 0 bridgehead atoms. The molecule has 1 rings (SSSR count). The fraction of sp³-hybridized carbons (Fsp3) is 0.529. The van der Waals surface area contributed by atoms with Gasteiger partial charge in [-0.3, -0.25) is 9.59 Å². The van der Waals surface area contributed by atoms with E-state index in [-0.39, 0.29) is 42.7 Å². The Balaban J connectivity index is 0.00000529. The highest BCUT2D eigenvalue weighted by atomic mass is 79.9. The predicted molar refractivity (Wildman–Crippen MR) is 103 cm³/mol. The standard InChI is InChI=1S/C17H26BrN3O2.ClH/c1-11(2)16(19)17(23)20-9-15(22)21(12(3)4)10-13-6-5-7-14(18)8-13;/h5-8,11-12,16H,9-10,19H2,1-4H3,(H,20,23);1H/t16-;/m0./s1. The number of halogens is 2. The van der Waals surface area contributed by atoms with E-state index in [9.17, 15) is 9.59 Å². The summed E-state index contributed by atoms with van der Waals surface area (Å²) in [6.45, 7) is 8.13. The number of nitrogens with zero attached hydrogens (tertiary/aromatic N) is 1. The minimum atomic E-state index is -0.597. The third-order valence-corrected chi connectivity index (χ3v) is 4.11. The molecule has 136 valence electrons. The summed E-state index contributed by atoms with van der Waals surface area (Å²) in [5, 5.41) is 2.63. The van der Waals surface area contributed by atoms with Gasteiger partial charge in [0, 0.05) is 17.1 Å². The normalized spacial score (nSPS) is 11.8. The lowest BCUT2D eigenvalue weighted by molar-refractivity contribution is -0.135. The van der Waals surface area contributed by atoms with E-state index < -0.39 is 6.04 Å². The van der Waals surface area contributed by atoms with Crippen molar-refractivity contribution in [3.63, 3.8) is 0 Å². The van der Waals surface area contributed by atoms with Gasteiger partial charge in [0.05, 0.1) is 12.6 Å². The fourth-order valence-electron chi connectivity index (χ4n) is 2.08. The first-order valence-corrected chi connectivity index (χ1v) is 8.59. The van der Waals surface area contributed by atoms with E-state index in [4.69, 9.17) is 5.73 Å². The van der Waals surface area contributed by atoms with Crippen molar-refractivity contribution >= 4 is 40.2 Å². The molecule has 0 heterocycles. The Morgan fingerprint density at radius 2 is 1.88 bits per heavy atom. The summed E-state index contributed by atoms with van der Waals surface area (Å²) in [7, 11) is 0. The fourth-order valence-corrected chi connectivity index (χ4v) is 2.52. The molecule has 0 saturated heterocycles. The molecule has 0 spiro atoms. The number of carbonyl (C=O) groups excluding carboxylic acids is 2. The van der Waals surface area contributed by atoms with Gasteiger partial charge in [0.1, 0.15) is 0 Å². The molecule has 0 aliphatic carbocycles. The van der Waals surface area contributed by atoms with Crippen LogP contribution in [0.1, 0.15) is 33.3 Å². The van der Waals surface area contributed by atoms with Gasteiger partial charge >= 0.3 is 0 Å². The summed E-state index contributed by atoms with van der Waals surface area (Å²) in [4.78, 5) is 26.0. The molecule has 0 aliphatic heterocycles. The van der Waals surface area contributed by atoms with Crippen molar-refractivity contribution in [3.8, 4) is 0 Å². The summed E-state index contributed by atoms with van der Waals surface area (Å²) in [6, 6.07) is 7.28. The van der Waals surface area contributed by atoms with Crippen LogP contribution in [-0.4, -0.2) is 35.3 Å². The number of carbonyl (C=O) groups is 2. The van der Waals surface area contributed by atoms with E-state index in [0.717, 1.165) is 10.0 Å². The van der Waals surface area contributed by atoms with Gasteiger partial charge in [-0.15, -0.1) is 12.4 Å². The molecule has 7 heteroatoms. The van der Waals surface area contributed by atoms with Crippen LogP contribution in [-0.2, 0) is 16.1 Å². The van der Waals surface area contributed by atoms with Crippen LogP contribution >= 0.6 is 28.3 Å². The van der Waals surface area contributed by atoms with E-state index >= 15 is 0 Å². The number of rotatable bonds is 7. The van der Waals surface area contributed by atoms with E-state index in [1.54, 1.807) is 4.90 Å². The second-order valence-electron chi connectivity index (χ2n) is 6.23. The zero-order chi connectivity index (χ0) is 17.6. The molecule has 1 atom stereocenters. The molecule has 5 nitrogen and oxygen atoms in total. The molecule has 0 aromatic heterocycles. The zero-order valence-corrected chi connectivity index (χ0v) is 17.0. The lowest BCUT2D eigenvalue weighted by Crippen LogP contribution is -2.48. The van der Waals surface area contributed by atoms with Crippen molar-refractivity contribution in [2.45, 2.75) is 46.3 Å². The first-order valence-electron chi connectivity index (χ1n) is 7.79. The molecule has 0 saturated carbocycles. The molecule has 24 heavy (non-hydrogen) atoms. The van der Waals surface area contributed by atoms with Crippen molar-refractivity contribution < 1.29 is 9.59 Å². The molecule has 3 N–H and O–H groups in total. The van der Waals surface area contributed by atoms with Gasteiger partial charge < -0.3 is 16.0 Å². The monoisotopic (exact) mass is 419 g/mol. The average Bonchev–Trinajstić information content (AvgIpc) is 2.48. The molecule has 0 radical (unpaired) electrons. The van der Waals surface area contributed by atoms with Gasteiger partial charge in [-0.05, 0) is 37.5 Å². The number of nitrogens with two attached hydrogens (primary N) is 1. The zero-order valence-electron chi connectivity index (χ0n) is 14.6. The number of hydrogen-bond acceptors (Lipinski definition) is 3. The van der Waals surface area contributed by atoms with Crippen LogP contribution in [0.4, 0.5) is 0 Å². The Hall–Kier alpha value is -1.11. The third kappa shape index (κ3) is 7.20. The van der Waals surface area contributed by atoms with E-state index in [1.807, 2.05) is 52.0 Å². The smallest absolute Gasteiger partial charge is 0.242 e. The minimum absolute atomic E-state index is 0. The van der Waals surface area contributed by atoms with Gasteiger partial charge in [-0.1, -0.05) is 41.9 Å². The molecule has 2 amide bonds. The van der Waals surface area contributed by atoms with Crippen molar-refractivity contribution in [2.75, 3.05) is 6.54 Å². The molecule has 1 aromatic rings. The first kappa shape index (κ1) is 22.9. The van der Waals surface area contributed by atoms with Crippen molar-refractivity contribution in [1.82, 2.24) is 10.2 Å². The van der Waals surface area contributed by atoms with E-state index in [0.29, 0.717) is 6.54 Å². The van der Waals surface area contributed by atoms with Crippen LogP contribution in [0, 0.1) is 5.92 Å². The summed E-state index contributed by atoms with van der Waals surface area (Å²) in [6.07, 6.45) is 0. The maximum atomic E-state index is 12.4. The molecular weight excluding hydrogens is 394 g/mol. The molecule has 0 unspecified atom stereocenters. The van der Waals surface area contributed by atoms with Gasteiger partial charge in [0.2, 0.25) is 11.8 Å². The van der Waals surface area contributed by atoms with Gasteiger partial charge in [-0.2, -0.15) is 0 Å². The number of hydrogen-bond donors (Lipinski definition) is 2. The van der Waals surface area contributed by atoms with Crippen LogP contribution in [0.5, 0.6) is 0 Å². The van der Waals surface area contributed by atoms with Crippen LogP contribution in [0.2, 0.25) is 0 Å². The van der Waals surface area contributed by atoms with E-state index in [2.05, 4.69) is 21.2 Å². The van der Waals surface area contributed by atoms with Gasteiger partial charge in [0.15, 0.2) is 0 Å². The predicted octanol–water partition coefficient (Wildman–Crippen LogP) is 2.71. The summed E-state index contributed by atoms with van der Waals surface area (Å²) >= 11 is 3.43. The van der Waals surface area contributed by atoms with E-state index in [1.165, 1.54) is 0 Å². The van der Waals surface area contributed by atoms with Crippen molar-refractivity contribution in [2.24, 2.45) is 11.7 Å². The second-order valence-corrected chi connectivity index (χ2v) is 7.15. The van der Waals surface area contributed by atoms with Crippen LogP contribution < -0.4 is 11.1 Å². The summed E-state index contributed by atoms with van der Waals surface area (Å²) < 4.78 is 0.974. The molecule has 0 aliphatic rings. The highest BCUT2D eigenvalue weighted by molar-refractivity contribution is 9.10. The Bertz CT molecular complexity index is 552. The van der Waals surface area contributed by atoms with Crippen LogP contribution in [0.3, 0.4) is 0 Å². The van der Waals surface area contributed by atoms with Crippen molar-refractivity contribution in [1.29, 1.82) is 0 Å². The Kier molecular flexibility index (Phi) is 10.2. The number of benzene rings is 1. The van der Waals surface area contributed by atoms with Gasteiger partial charge in [-0.25, -0.2) is 0 Å². The highest BCUT2D eigenvalue weighted by Crippen LogP contribution is 2.15. The Labute approximate surface area is 158 Å². The molecular formula is C17H27BrClN3O2. The largest absolute Gasteiger partial charge is 0.346 e. The quantitative estimate of drug-likeness (QED) is 0.712. The van der Waals surface area contributed by atoms with Crippen LogP contribution in [0.25, 0.3) is 0 Å². The third-order valence-electron chi connectivity index (χ3n) is 3.62. The van der Waals surface area contributed by atoms with Crippen LogP contribution in [0.15, 0.2) is 28.7 Å². The molecule has 1 aromatic carbocycles. The molecule has 0 fully saturated rings. The Morgan fingerprint density at radius 1 is 1.25 bits per heavy atom.